The van der Waals surface area contributed by atoms with Gasteiger partial charge in [0.05, 0.1) is 20.8 Å². The zero-order valence-corrected chi connectivity index (χ0v) is 16.7. The molecule has 0 aliphatic rings. The third-order valence-corrected chi connectivity index (χ3v) is 6.67. The number of hydrogen-bond donors (Lipinski definition) is 1. The Labute approximate surface area is 154 Å². The molecule has 2 aromatic carbocycles. The summed E-state index contributed by atoms with van der Waals surface area (Å²) in [6, 6.07) is 12.1. The van der Waals surface area contributed by atoms with Gasteiger partial charge in [0.1, 0.15) is 11.5 Å². The Balaban J connectivity index is 2.49. The first-order chi connectivity index (χ1) is 12.4. The maximum absolute atomic E-state index is 13.6. The molecule has 7 heteroatoms. The molecule has 1 N–H and O–H groups in total. The minimum atomic E-state index is -3.58. The number of benzene rings is 2. The normalized spacial score (nSPS) is 14.4. The molecule has 0 radical (unpaired) electrons. The van der Waals surface area contributed by atoms with E-state index in [0.717, 1.165) is 5.69 Å². The van der Waals surface area contributed by atoms with E-state index in [-0.39, 0.29) is 6.61 Å². The second kappa shape index (κ2) is 8.58. The predicted octanol–water partition coefficient (Wildman–Crippen LogP) is 3.40. The van der Waals surface area contributed by atoms with Gasteiger partial charge in [-0.25, -0.2) is 0 Å². The van der Waals surface area contributed by atoms with Crippen LogP contribution in [0.2, 0.25) is 0 Å². The Hall–Kier alpha value is -2.01. The first-order valence-corrected chi connectivity index (χ1v) is 9.99. The van der Waals surface area contributed by atoms with Crippen LogP contribution in [-0.4, -0.2) is 40.0 Å². The fourth-order valence-corrected chi connectivity index (χ4v) is 4.75. The lowest BCUT2D eigenvalue weighted by molar-refractivity contribution is 0.214. The Morgan fingerprint density at radius 3 is 2.23 bits per heavy atom. The van der Waals surface area contributed by atoms with Gasteiger partial charge < -0.3 is 24.0 Å². The van der Waals surface area contributed by atoms with Crippen LogP contribution < -0.4 is 19.7 Å². The number of ether oxygens (including phenoxy) is 2. The molecule has 2 aromatic rings. The second-order valence-electron chi connectivity index (χ2n) is 5.91. The molecule has 0 saturated heterocycles. The molecule has 0 aliphatic carbocycles. The molecule has 142 valence electrons. The molecule has 0 heterocycles. The van der Waals surface area contributed by atoms with E-state index in [2.05, 4.69) is 0 Å². The Bertz CT molecular complexity index is 776. The highest BCUT2D eigenvalue weighted by atomic mass is 31.2. The van der Waals surface area contributed by atoms with E-state index in [0.29, 0.717) is 22.4 Å². The monoisotopic (exact) mass is 379 g/mol. The van der Waals surface area contributed by atoms with Crippen LogP contribution in [-0.2, 0) is 9.09 Å². The molecule has 0 aromatic heterocycles. The van der Waals surface area contributed by atoms with Crippen LogP contribution in [0.3, 0.4) is 0 Å². The molecule has 26 heavy (non-hydrogen) atoms. The number of anilines is 1. The first kappa shape index (κ1) is 20.3. The largest absolute Gasteiger partial charge is 0.497 e. The number of hydrogen-bond acceptors (Lipinski definition) is 6. The van der Waals surface area contributed by atoms with Gasteiger partial charge in [-0.3, -0.25) is 4.57 Å². The first-order valence-electron chi connectivity index (χ1n) is 8.29. The average molecular weight is 379 g/mol. The van der Waals surface area contributed by atoms with Crippen LogP contribution in [0, 0.1) is 0 Å². The summed E-state index contributed by atoms with van der Waals surface area (Å²) in [5.41, 5.74) is 1.36. The predicted molar refractivity (Wildman–Crippen MR) is 104 cm³/mol. The van der Waals surface area contributed by atoms with Crippen molar-refractivity contribution in [2.24, 2.45) is 0 Å². The maximum atomic E-state index is 13.6. The van der Waals surface area contributed by atoms with Crippen molar-refractivity contribution >= 4 is 18.4 Å². The van der Waals surface area contributed by atoms with Gasteiger partial charge in [-0.15, -0.1) is 0 Å². The molecule has 2 rings (SSSR count). The molecule has 0 unspecified atom stereocenters. The summed E-state index contributed by atoms with van der Waals surface area (Å²) in [5.74, 6) is -0.380. The smallest absolute Gasteiger partial charge is 0.264 e. The standard InChI is InChI=1S/C19H26NO5P/c1-6-25-26(22,16-10-7-14(8-11-16)20(2)3)19(21)17-12-9-15(23-4)13-18(17)24-5/h7-13,19,21H,6H2,1-5H3/t19-,26+/m1/s1. The Morgan fingerprint density at radius 2 is 1.73 bits per heavy atom. The van der Waals surface area contributed by atoms with Crippen molar-refractivity contribution < 1.29 is 23.7 Å². The number of nitrogens with zero attached hydrogens (tertiary/aromatic N) is 1. The second-order valence-corrected chi connectivity index (χ2v) is 8.36. The molecule has 0 aliphatic heterocycles. The Morgan fingerprint density at radius 1 is 1.08 bits per heavy atom. The van der Waals surface area contributed by atoms with Gasteiger partial charge in [0, 0.05) is 36.7 Å². The highest BCUT2D eigenvalue weighted by Gasteiger charge is 2.37. The summed E-state index contributed by atoms with van der Waals surface area (Å²) < 4.78 is 29.8. The maximum Gasteiger partial charge on any atom is 0.264 e. The van der Waals surface area contributed by atoms with Crippen molar-refractivity contribution in [3.63, 3.8) is 0 Å². The highest BCUT2D eigenvalue weighted by molar-refractivity contribution is 7.67. The van der Waals surface area contributed by atoms with Crippen molar-refractivity contribution in [1.82, 2.24) is 0 Å². The minimum Gasteiger partial charge on any atom is -0.497 e. The highest BCUT2D eigenvalue weighted by Crippen LogP contribution is 2.59. The van der Waals surface area contributed by atoms with E-state index in [1.54, 1.807) is 44.4 Å². The topological polar surface area (TPSA) is 68.2 Å². The fraction of sp³-hybridized carbons (Fsp3) is 0.368. The lowest BCUT2D eigenvalue weighted by Crippen LogP contribution is -2.16. The summed E-state index contributed by atoms with van der Waals surface area (Å²) in [6.07, 6.45) is 0. The summed E-state index contributed by atoms with van der Waals surface area (Å²) in [6.45, 7) is 1.96. The zero-order valence-electron chi connectivity index (χ0n) is 15.8. The molecule has 0 saturated carbocycles. The average Bonchev–Trinajstić information content (AvgIpc) is 2.66. The van der Waals surface area contributed by atoms with Gasteiger partial charge in [0.15, 0.2) is 5.85 Å². The summed E-state index contributed by atoms with van der Waals surface area (Å²) >= 11 is 0. The third kappa shape index (κ3) is 4.04. The van der Waals surface area contributed by atoms with Gasteiger partial charge in [0.25, 0.3) is 7.37 Å². The fourth-order valence-electron chi connectivity index (χ4n) is 2.65. The quantitative estimate of drug-likeness (QED) is 0.709. The zero-order chi connectivity index (χ0) is 19.3. The number of methoxy groups -OCH3 is 2. The summed E-state index contributed by atoms with van der Waals surface area (Å²) in [5, 5.41) is 11.4. The molecule has 2 atom stereocenters. The number of rotatable bonds is 8. The van der Waals surface area contributed by atoms with Crippen LogP contribution >= 0.6 is 7.37 Å². The molecule has 0 fully saturated rings. The van der Waals surface area contributed by atoms with Gasteiger partial charge in [-0.05, 0) is 43.3 Å². The SMILES string of the molecule is CCO[P@@](=O)(c1ccc(N(C)C)cc1)[C@@H](O)c1ccc(OC)cc1OC. The lowest BCUT2D eigenvalue weighted by Gasteiger charge is -2.25. The van der Waals surface area contributed by atoms with E-state index < -0.39 is 13.2 Å². The van der Waals surface area contributed by atoms with E-state index in [4.69, 9.17) is 14.0 Å². The molecule has 0 bridgehead atoms. The minimum absolute atomic E-state index is 0.211. The van der Waals surface area contributed by atoms with E-state index in [1.807, 2.05) is 31.1 Å². The van der Waals surface area contributed by atoms with Gasteiger partial charge >= 0.3 is 0 Å². The molecule has 0 amide bonds. The van der Waals surface area contributed by atoms with Crippen LogP contribution in [0.5, 0.6) is 11.5 Å². The Kier molecular flexibility index (Phi) is 6.70. The molecular formula is C19H26NO5P. The number of aliphatic hydroxyl groups is 1. The van der Waals surface area contributed by atoms with Crippen LogP contribution in [0.1, 0.15) is 18.3 Å². The van der Waals surface area contributed by atoms with Crippen LogP contribution in [0.25, 0.3) is 0 Å². The van der Waals surface area contributed by atoms with Crippen molar-refractivity contribution in [2.45, 2.75) is 12.8 Å². The third-order valence-electron chi connectivity index (χ3n) is 4.09. The van der Waals surface area contributed by atoms with E-state index in [9.17, 15) is 9.67 Å². The molecule has 6 nitrogen and oxygen atoms in total. The van der Waals surface area contributed by atoms with Crippen LogP contribution in [0.4, 0.5) is 5.69 Å². The number of aliphatic hydroxyl groups excluding tert-OH is 1. The van der Waals surface area contributed by atoms with Crippen molar-refractivity contribution in [2.75, 3.05) is 39.8 Å². The lowest BCUT2D eigenvalue weighted by atomic mass is 10.2. The van der Waals surface area contributed by atoms with E-state index >= 15 is 0 Å². The van der Waals surface area contributed by atoms with Crippen molar-refractivity contribution in [3.8, 4) is 11.5 Å². The summed E-state index contributed by atoms with van der Waals surface area (Å²) in [4.78, 5) is 1.94. The molecular weight excluding hydrogens is 353 g/mol. The molecule has 0 spiro atoms. The van der Waals surface area contributed by atoms with Crippen LogP contribution in [0.15, 0.2) is 42.5 Å². The summed E-state index contributed by atoms with van der Waals surface area (Å²) in [7, 11) is 3.30. The van der Waals surface area contributed by atoms with Gasteiger partial charge in [0.2, 0.25) is 0 Å². The van der Waals surface area contributed by atoms with Crippen molar-refractivity contribution in [1.29, 1.82) is 0 Å². The van der Waals surface area contributed by atoms with Crippen molar-refractivity contribution in [3.05, 3.63) is 48.0 Å². The van der Waals surface area contributed by atoms with Gasteiger partial charge in [-0.1, -0.05) is 0 Å². The van der Waals surface area contributed by atoms with E-state index in [1.165, 1.54) is 7.11 Å². The van der Waals surface area contributed by atoms with Gasteiger partial charge in [-0.2, -0.15) is 0 Å².